The number of carbonyl (C=O) groups excluding carboxylic acids is 2. The number of carbonyl (C=O) groups is 3. The maximum atomic E-state index is 15.0. The standard InChI is InChI=1S/C33H26F2N2O4/c1-21-10-12-22(13-11-21)25-6-2-3-7-26(25)31(40)36-24-16-14-23(15-17-24)32(41)37-19-18-33(34,35)28(20-30(38)39)27-8-4-5-9-29(27)37/h2-17,20H,18-19H2,1H3,(H,36,40)(H,38,39)/b28-20-. The molecular weight excluding hydrogens is 526 g/mol. The first kappa shape index (κ1) is 27.5. The van der Waals surface area contributed by atoms with E-state index in [4.69, 9.17) is 0 Å². The van der Waals surface area contributed by atoms with Crippen molar-refractivity contribution in [1.29, 1.82) is 0 Å². The lowest BCUT2D eigenvalue weighted by Gasteiger charge is -2.23. The van der Waals surface area contributed by atoms with Crippen molar-refractivity contribution in [3.8, 4) is 11.1 Å². The largest absolute Gasteiger partial charge is 0.478 e. The number of para-hydroxylation sites is 1. The summed E-state index contributed by atoms with van der Waals surface area (Å²) in [6.45, 7) is 1.68. The van der Waals surface area contributed by atoms with E-state index in [1.165, 1.54) is 35.2 Å². The van der Waals surface area contributed by atoms with Crippen molar-refractivity contribution in [3.05, 3.63) is 125 Å². The van der Waals surface area contributed by atoms with Gasteiger partial charge in [0.1, 0.15) is 0 Å². The van der Waals surface area contributed by atoms with Crippen molar-refractivity contribution in [2.75, 3.05) is 16.8 Å². The SMILES string of the molecule is Cc1ccc(-c2ccccc2C(=O)Nc2ccc(C(=O)N3CCC(F)(F)/C(=C\C(=O)O)c4ccccc43)cc2)cc1. The molecule has 0 saturated carbocycles. The Morgan fingerprint density at radius 2 is 1.49 bits per heavy atom. The van der Waals surface area contributed by atoms with Gasteiger partial charge in [-0.15, -0.1) is 0 Å². The fraction of sp³-hybridized carbons (Fsp3) is 0.121. The van der Waals surface area contributed by atoms with Crippen molar-refractivity contribution in [3.63, 3.8) is 0 Å². The summed E-state index contributed by atoms with van der Waals surface area (Å²) in [6, 6.07) is 27.4. The van der Waals surface area contributed by atoms with Gasteiger partial charge in [-0.3, -0.25) is 9.59 Å². The predicted molar refractivity (Wildman–Crippen MR) is 154 cm³/mol. The summed E-state index contributed by atoms with van der Waals surface area (Å²) < 4.78 is 29.9. The van der Waals surface area contributed by atoms with Gasteiger partial charge in [0.25, 0.3) is 17.7 Å². The Balaban J connectivity index is 1.38. The van der Waals surface area contributed by atoms with Crippen molar-refractivity contribution in [1.82, 2.24) is 0 Å². The Kier molecular flexibility index (Phi) is 7.48. The van der Waals surface area contributed by atoms with Gasteiger partial charge in [-0.1, -0.05) is 66.2 Å². The van der Waals surface area contributed by atoms with Crippen LogP contribution in [0.15, 0.2) is 103 Å². The molecule has 2 N–H and O–H groups in total. The van der Waals surface area contributed by atoms with Crippen LogP contribution >= 0.6 is 0 Å². The van der Waals surface area contributed by atoms with Gasteiger partial charge in [-0.05, 0) is 54.4 Å². The molecule has 0 saturated heterocycles. The highest BCUT2D eigenvalue weighted by Crippen LogP contribution is 2.43. The molecular formula is C33H26F2N2O4. The number of hydrogen-bond acceptors (Lipinski definition) is 3. The summed E-state index contributed by atoms with van der Waals surface area (Å²) in [7, 11) is 0. The molecule has 0 aliphatic carbocycles. The molecule has 5 rings (SSSR count). The van der Waals surface area contributed by atoms with Crippen LogP contribution in [-0.2, 0) is 4.79 Å². The summed E-state index contributed by atoms with van der Waals surface area (Å²) >= 11 is 0. The monoisotopic (exact) mass is 552 g/mol. The Labute approximate surface area is 235 Å². The molecule has 0 aromatic heterocycles. The van der Waals surface area contributed by atoms with E-state index in [9.17, 15) is 28.3 Å². The minimum absolute atomic E-state index is 0.0122. The van der Waals surface area contributed by atoms with Crippen LogP contribution in [0.5, 0.6) is 0 Å². The quantitative estimate of drug-likeness (QED) is 0.259. The topological polar surface area (TPSA) is 86.7 Å². The minimum atomic E-state index is -3.44. The Morgan fingerprint density at radius 1 is 0.854 bits per heavy atom. The van der Waals surface area contributed by atoms with Crippen LogP contribution in [0.2, 0.25) is 0 Å². The van der Waals surface area contributed by atoms with E-state index in [1.54, 1.807) is 30.3 Å². The van der Waals surface area contributed by atoms with Gasteiger partial charge in [-0.2, -0.15) is 0 Å². The van der Waals surface area contributed by atoms with Crippen LogP contribution in [0.1, 0.15) is 38.3 Å². The normalized spacial score (nSPS) is 15.1. The van der Waals surface area contributed by atoms with Crippen molar-refractivity contribution < 1.29 is 28.3 Å². The zero-order chi connectivity index (χ0) is 29.1. The van der Waals surface area contributed by atoms with E-state index in [-0.39, 0.29) is 29.3 Å². The average Bonchev–Trinajstić information content (AvgIpc) is 3.07. The van der Waals surface area contributed by atoms with Crippen molar-refractivity contribution >= 4 is 34.7 Å². The van der Waals surface area contributed by atoms with Crippen LogP contribution in [0.25, 0.3) is 16.7 Å². The number of alkyl halides is 2. The number of aryl methyl sites for hydroxylation is 1. The van der Waals surface area contributed by atoms with Crippen LogP contribution in [0, 0.1) is 6.92 Å². The lowest BCUT2D eigenvalue weighted by molar-refractivity contribution is -0.131. The van der Waals surface area contributed by atoms with Crippen molar-refractivity contribution in [2.45, 2.75) is 19.3 Å². The molecule has 2 amide bonds. The molecule has 0 atom stereocenters. The molecule has 4 aromatic rings. The molecule has 0 bridgehead atoms. The van der Waals surface area contributed by atoms with Crippen LogP contribution in [0.4, 0.5) is 20.2 Å². The Bertz CT molecular complexity index is 1660. The maximum absolute atomic E-state index is 15.0. The highest BCUT2D eigenvalue weighted by atomic mass is 19.3. The number of aliphatic carboxylic acids is 1. The van der Waals surface area contributed by atoms with Crippen LogP contribution < -0.4 is 10.2 Å². The third kappa shape index (κ3) is 5.77. The molecule has 0 fully saturated rings. The summed E-state index contributed by atoms with van der Waals surface area (Å²) in [5, 5.41) is 12.1. The molecule has 0 unspecified atom stereocenters. The van der Waals surface area contributed by atoms with Gasteiger partial charge in [0.05, 0.1) is 5.69 Å². The van der Waals surface area contributed by atoms with Gasteiger partial charge in [0.2, 0.25) is 0 Å². The number of benzene rings is 4. The number of nitrogens with zero attached hydrogens (tertiary/aromatic N) is 1. The van der Waals surface area contributed by atoms with Gasteiger partial charge in [0.15, 0.2) is 0 Å². The summed E-state index contributed by atoms with van der Waals surface area (Å²) in [4.78, 5) is 39.2. The van der Waals surface area contributed by atoms with E-state index in [2.05, 4.69) is 5.32 Å². The minimum Gasteiger partial charge on any atom is -0.478 e. The smallest absolute Gasteiger partial charge is 0.328 e. The van der Waals surface area contributed by atoms with Crippen LogP contribution in [-0.4, -0.2) is 35.4 Å². The lowest BCUT2D eigenvalue weighted by atomic mass is 9.97. The van der Waals surface area contributed by atoms with Crippen molar-refractivity contribution in [2.24, 2.45) is 0 Å². The maximum Gasteiger partial charge on any atom is 0.328 e. The van der Waals surface area contributed by atoms with E-state index in [0.29, 0.717) is 17.3 Å². The first-order valence-corrected chi connectivity index (χ1v) is 13.0. The number of carboxylic acids is 1. The molecule has 41 heavy (non-hydrogen) atoms. The van der Waals surface area contributed by atoms with Gasteiger partial charge < -0.3 is 15.3 Å². The predicted octanol–water partition coefficient (Wildman–Crippen LogP) is 7.07. The number of hydrogen-bond donors (Lipinski definition) is 2. The summed E-state index contributed by atoms with van der Waals surface area (Å²) in [6.07, 6.45) is -0.234. The number of halogens is 2. The van der Waals surface area contributed by atoms with Gasteiger partial charge >= 0.3 is 5.97 Å². The van der Waals surface area contributed by atoms with E-state index >= 15 is 0 Å². The molecule has 4 aromatic carbocycles. The fourth-order valence-electron chi connectivity index (χ4n) is 4.88. The van der Waals surface area contributed by atoms with E-state index < -0.39 is 29.8 Å². The first-order chi connectivity index (χ1) is 19.6. The molecule has 1 aliphatic rings. The second-order valence-corrected chi connectivity index (χ2v) is 9.77. The Morgan fingerprint density at radius 3 is 2.17 bits per heavy atom. The molecule has 0 radical (unpaired) electrons. The zero-order valence-electron chi connectivity index (χ0n) is 22.1. The summed E-state index contributed by atoms with van der Waals surface area (Å²) in [5.74, 6) is -5.77. The van der Waals surface area contributed by atoms with E-state index in [1.807, 2.05) is 43.3 Å². The summed E-state index contributed by atoms with van der Waals surface area (Å²) in [5.41, 5.74) is 3.53. The number of nitrogens with one attached hydrogen (secondary N) is 1. The number of rotatable bonds is 5. The molecule has 206 valence electrons. The number of fused-ring (bicyclic) bond motifs is 1. The first-order valence-electron chi connectivity index (χ1n) is 13.0. The number of anilines is 2. The number of allylic oxidation sites excluding steroid dienone is 1. The fourth-order valence-corrected chi connectivity index (χ4v) is 4.88. The molecule has 1 heterocycles. The highest BCUT2D eigenvalue weighted by molar-refractivity contribution is 6.10. The molecule has 8 heteroatoms. The third-order valence-corrected chi connectivity index (χ3v) is 6.97. The van der Waals surface area contributed by atoms with Crippen LogP contribution in [0.3, 0.4) is 0 Å². The number of carboxylic acid groups (broad SMARTS) is 1. The highest BCUT2D eigenvalue weighted by Gasteiger charge is 2.41. The molecule has 1 aliphatic heterocycles. The van der Waals surface area contributed by atoms with Gasteiger partial charge in [-0.25, -0.2) is 13.6 Å². The third-order valence-electron chi connectivity index (χ3n) is 6.97. The zero-order valence-corrected chi connectivity index (χ0v) is 22.1. The van der Waals surface area contributed by atoms with E-state index in [0.717, 1.165) is 16.7 Å². The second-order valence-electron chi connectivity index (χ2n) is 9.77. The molecule has 0 spiro atoms. The second kappa shape index (κ2) is 11.2. The Hall–Kier alpha value is -5.11. The average molecular weight is 553 g/mol. The van der Waals surface area contributed by atoms with Gasteiger partial charge in [0, 0.05) is 47.0 Å². The number of amides is 2. The molecule has 6 nitrogen and oxygen atoms in total. The lowest BCUT2D eigenvalue weighted by Crippen LogP contribution is -2.33.